The highest BCUT2D eigenvalue weighted by Gasteiger charge is 2.29. The van der Waals surface area contributed by atoms with Crippen LogP contribution >= 0.6 is 0 Å². The average Bonchev–Trinajstić information content (AvgIpc) is 2.87. The molecular formula is C16H24N4. The highest BCUT2D eigenvalue weighted by Crippen LogP contribution is 2.27. The third-order valence-corrected chi connectivity index (χ3v) is 3.98. The number of hydrogen-bond donors (Lipinski definition) is 1. The topological polar surface area (TPSA) is 56.7 Å². The Morgan fingerprint density at radius 2 is 1.95 bits per heavy atom. The molecule has 0 aliphatic carbocycles. The Balaban J connectivity index is 2.15. The summed E-state index contributed by atoms with van der Waals surface area (Å²) in [5.41, 5.74) is 7.62. The Morgan fingerprint density at radius 1 is 1.25 bits per heavy atom. The maximum absolute atomic E-state index is 6.46. The van der Waals surface area contributed by atoms with E-state index in [1.807, 2.05) is 10.7 Å². The maximum atomic E-state index is 6.46. The highest BCUT2D eigenvalue weighted by molar-refractivity contribution is 5.26. The number of aromatic nitrogens is 3. The molecule has 0 bridgehead atoms. The van der Waals surface area contributed by atoms with Crippen LogP contribution in [-0.2, 0) is 18.4 Å². The van der Waals surface area contributed by atoms with Crippen LogP contribution in [0.4, 0.5) is 0 Å². The zero-order chi connectivity index (χ0) is 14.6. The second-order valence-electron chi connectivity index (χ2n) is 5.80. The van der Waals surface area contributed by atoms with Crippen LogP contribution in [0.5, 0.6) is 0 Å². The van der Waals surface area contributed by atoms with Gasteiger partial charge >= 0.3 is 0 Å². The fraction of sp³-hybridized carbons (Fsp3) is 0.500. The van der Waals surface area contributed by atoms with E-state index in [-0.39, 0.29) is 11.5 Å². The molecule has 0 aliphatic heterocycles. The zero-order valence-electron chi connectivity index (χ0n) is 12.6. The zero-order valence-corrected chi connectivity index (χ0v) is 12.6. The third-order valence-electron chi connectivity index (χ3n) is 3.98. The van der Waals surface area contributed by atoms with Gasteiger partial charge in [-0.25, -0.2) is 4.98 Å². The molecule has 0 saturated heterocycles. The van der Waals surface area contributed by atoms with Crippen LogP contribution in [0, 0.1) is 0 Å². The van der Waals surface area contributed by atoms with Gasteiger partial charge in [0.05, 0.1) is 0 Å². The van der Waals surface area contributed by atoms with Crippen molar-refractivity contribution >= 4 is 0 Å². The first kappa shape index (κ1) is 14.7. The van der Waals surface area contributed by atoms with Gasteiger partial charge in [-0.2, -0.15) is 5.10 Å². The first-order valence-electron chi connectivity index (χ1n) is 7.23. The molecule has 108 valence electrons. The van der Waals surface area contributed by atoms with Crippen LogP contribution in [0.2, 0.25) is 0 Å². The molecule has 1 atom stereocenters. The molecule has 4 heteroatoms. The lowest BCUT2D eigenvalue weighted by atomic mass is 9.77. The van der Waals surface area contributed by atoms with Crippen molar-refractivity contribution in [1.29, 1.82) is 0 Å². The van der Waals surface area contributed by atoms with Crippen molar-refractivity contribution in [3.05, 3.63) is 48.0 Å². The molecule has 1 heterocycles. The van der Waals surface area contributed by atoms with E-state index in [0.29, 0.717) is 0 Å². The van der Waals surface area contributed by atoms with Gasteiger partial charge in [0.1, 0.15) is 12.2 Å². The predicted octanol–water partition coefficient (Wildman–Crippen LogP) is 2.54. The van der Waals surface area contributed by atoms with E-state index >= 15 is 0 Å². The SMILES string of the molecule is CCCn1ncnc1CC(N)C(C)(C)c1ccccc1. The molecule has 1 aromatic carbocycles. The van der Waals surface area contributed by atoms with Gasteiger partial charge < -0.3 is 5.73 Å². The third kappa shape index (κ3) is 3.07. The second kappa shape index (κ2) is 6.18. The van der Waals surface area contributed by atoms with Crippen LogP contribution in [0.3, 0.4) is 0 Å². The lowest BCUT2D eigenvalue weighted by Crippen LogP contribution is -2.43. The fourth-order valence-electron chi connectivity index (χ4n) is 2.38. The summed E-state index contributed by atoms with van der Waals surface area (Å²) in [7, 11) is 0. The van der Waals surface area contributed by atoms with Crippen LogP contribution in [0.1, 0.15) is 38.6 Å². The minimum Gasteiger partial charge on any atom is -0.327 e. The van der Waals surface area contributed by atoms with E-state index in [2.05, 4.69) is 55.1 Å². The van der Waals surface area contributed by atoms with Gasteiger partial charge in [0.25, 0.3) is 0 Å². The standard InChI is InChI=1S/C16H24N4/c1-4-10-20-15(18-12-19-20)11-14(17)16(2,3)13-8-6-5-7-9-13/h5-9,12,14H,4,10-11,17H2,1-3H3. The Bertz CT molecular complexity index is 530. The molecule has 1 aromatic heterocycles. The minimum atomic E-state index is -0.0930. The Labute approximate surface area is 121 Å². The summed E-state index contributed by atoms with van der Waals surface area (Å²) in [6.07, 6.45) is 3.41. The van der Waals surface area contributed by atoms with Crippen LogP contribution < -0.4 is 5.73 Å². The summed E-state index contributed by atoms with van der Waals surface area (Å²) in [6.45, 7) is 7.41. The quantitative estimate of drug-likeness (QED) is 0.879. The highest BCUT2D eigenvalue weighted by atomic mass is 15.3. The number of benzene rings is 1. The van der Waals surface area contributed by atoms with Gasteiger partial charge in [0.15, 0.2) is 0 Å². The fourth-order valence-corrected chi connectivity index (χ4v) is 2.38. The molecule has 1 unspecified atom stereocenters. The summed E-state index contributed by atoms with van der Waals surface area (Å²) < 4.78 is 1.96. The Hall–Kier alpha value is -1.68. The Kier molecular flexibility index (Phi) is 4.55. The molecule has 2 aromatic rings. The number of nitrogens with two attached hydrogens (primary N) is 1. The maximum Gasteiger partial charge on any atom is 0.138 e. The van der Waals surface area contributed by atoms with Gasteiger partial charge in [0, 0.05) is 24.4 Å². The number of nitrogens with zero attached hydrogens (tertiary/aromatic N) is 3. The molecule has 0 amide bonds. The normalized spacial score (nSPS) is 13.4. The van der Waals surface area contributed by atoms with Crippen LogP contribution in [0.15, 0.2) is 36.7 Å². The van der Waals surface area contributed by atoms with Crippen molar-refractivity contribution in [3.63, 3.8) is 0 Å². The summed E-state index contributed by atoms with van der Waals surface area (Å²) in [6, 6.07) is 10.4. The Morgan fingerprint density at radius 3 is 2.60 bits per heavy atom. The van der Waals surface area contributed by atoms with Gasteiger partial charge in [0.2, 0.25) is 0 Å². The number of hydrogen-bond acceptors (Lipinski definition) is 3. The molecule has 0 aliphatic rings. The van der Waals surface area contributed by atoms with Crippen molar-refractivity contribution in [3.8, 4) is 0 Å². The summed E-state index contributed by atoms with van der Waals surface area (Å²) in [5.74, 6) is 0.975. The molecular weight excluding hydrogens is 248 g/mol. The van der Waals surface area contributed by atoms with Gasteiger partial charge in [-0.05, 0) is 12.0 Å². The van der Waals surface area contributed by atoms with Crippen LogP contribution in [-0.4, -0.2) is 20.8 Å². The lowest BCUT2D eigenvalue weighted by Gasteiger charge is -2.32. The molecule has 20 heavy (non-hydrogen) atoms. The van der Waals surface area contributed by atoms with Crippen molar-refractivity contribution in [2.24, 2.45) is 5.73 Å². The summed E-state index contributed by atoms with van der Waals surface area (Å²) >= 11 is 0. The summed E-state index contributed by atoms with van der Waals surface area (Å²) in [5, 5.41) is 4.26. The average molecular weight is 272 g/mol. The molecule has 2 N–H and O–H groups in total. The second-order valence-corrected chi connectivity index (χ2v) is 5.80. The van der Waals surface area contributed by atoms with E-state index in [9.17, 15) is 0 Å². The molecule has 0 radical (unpaired) electrons. The molecule has 4 nitrogen and oxygen atoms in total. The first-order valence-corrected chi connectivity index (χ1v) is 7.23. The van der Waals surface area contributed by atoms with Gasteiger partial charge in [-0.3, -0.25) is 4.68 Å². The number of aryl methyl sites for hydroxylation is 1. The van der Waals surface area contributed by atoms with Gasteiger partial charge in [-0.1, -0.05) is 51.1 Å². The first-order chi connectivity index (χ1) is 9.55. The predicted molar refractivity (Wildman–Crippen MR) is 81.5 cm³/mol. The largest absolute Gasteiger partial charge is 0.327 e. The van der Waals surface area contributed by atoms with Crippen LogP contribution in [0.25, 0.3) is 0 Å². The monoisotopic (exact) mass is 272 g/mol. The van der Waals surface area contributed by atoms with E-state index in [1.165, 1.54) is 5.56 Å². The lowest BCUT2D eigenvalue weighted by molar-refractivity contribution is 0.392. The van der Waals surface area contributed by atoms with E-state index in [1.54, 1.807) is 6.33 Å². The number of rotatable bonds is 6. The van der Waals surface area contributed by atoms with E-state index in [4.69, 9.17) is 5.73 Å². The molecule has 0 fully saturated rings. The smallest absolute Gasteiger partial charge is 0.138 e. The van der Waals surface area contributed by atoms with E-state index in [0.717, 1.165) is 25.2 Å². The summed E-state index contributed by atoms with van der Waals surface area (Å²) in [4.78, 5) is 4.35. The molecule has 2 rings (SSSR count). The van der Waals surface area contributed by atoms with E-state index < -0.39 is 0 Å². The van der Waals surface area contributed by atoms with Crippen molar-refractivity contribution in [2.75, 3.05) is 0 Å². The van der Waals surface area contributed by atoms with Crippen molar-refractivity contribution in [2.45, 2.75) is 51.6 Å². The van der Waals surface area contributed by atoms with Gasteiger partial charge in [-0.15, -0.1) is 0 Å². The molecule has 0 saturated carbocycles. The molecule has 0 spiro atoms. The minimum absolute atomic E-state index is 0.00436. The van der Waals surface area contributed by atoms with Crippen molar-refractivity contribution < 1.29 is 0 Å². The van der Waals surface area contributed by atoms with Crippen molar-refractivity contribution in [1.82, 2.24) is 14.8 Å².